The number of hydrogen-bond acceptors (Lipinski definition) is 3. The lowest BCUT2D eigenvalue weighted by Crippen LogP contribution is -2.55. The highest BCUT2D eigenvalue weighted by Gasteiger charge is 2.33. The number of nitrogens with zero attached hydrogens (tertiary/aromatic N) is 2. The van der Waals surface area contributed by atoms with Crippen molar-refractivity contribution in [2.75, 3.05) is 26.2 Å². The van der Waals surface area contributed by atoms with Gasteiger partial charge in [-0.15, -0.1) is 0 Å². The van der Waals surface area contributed by atoms with Gasteiger partial charge in [0.1, 0.15) is 17.2 Å². The minimum Gasteiger partial charge on any atom is -0.391 e. The van der Waals surface area contributed by atoms with E-state index in [-0.39, 0.29) is 12.1 Å². The Hall–Kier alpha value is -1.53. The number of carbonyl (C=O) groups is 1. The van der Waals surface area contributed by atoms with Gasteiger partial charge in [-0.2, -0.15) is 0 Å². The van der Waals surface area contributed by atoms with E-state index in [1.54, 1.807) is 0 Å². The Bertz CT molecular complexity index is 553. The second-order valence-electron chi connectivity index (χ2n) is 6.34. The zero-order valence-electron chi connectivity index (χ0n) is 13.0. The third-order valence-electron chi connectivity index (χ3n) is 4.94. The number of aliphatic hydroxyl groups excluding tert-OH is 1. The fourth-order valence-corrected chi connectivity index (χ4v) is 3.63. The molecule has 1 aliphatic carbocycles. The van der Waals surface area contributed by atoms with Gasteiger partial charge >= 0.3 is 0 Å². The zero-order valence-corrected chi connectivity index (χ0v) is 13.0. The Morgan fingerprint density at radius 2 is 1.65 bits per heavy atom. The van der Waals surface area contributed by atoms with Crippen molar-refractivity contribution in [2.24, 2.45) is 0 Å². The van der Waals surface area contributed by atoms with E-state index in [1.165, 1.54) is 11.0 Å². The molecule has 1 saturated heterocycles. The Labute approximate surface area is 134 Å². The van der Waals surface area contributed by atoms with Crippen molar-refractivity contribution in [3.05, 3.63) is 35.4 Å². The molecule has 1 heterocycles. The van der Waals surface area contributed by atoms with Gasteiger partial charge in [0.25, 0.3) is 5.91 Å². The number of aliphatic hydroxyl groups is 1. The minimum atomic E-state index is -0.819. The Balaban J connectivity index is 1.63. The van der Waals surface area contributed by atoms with Gasteiger partial charge in [-0.3, -0.25) is 9.69 Å². The summed E-state index contributed by atoms with van der Waals surface area (Å²) in [6, 6.07) is 3.60. The molecule has 1 N–H and O–H groups in total. The van der Waals surface area contributed by atoms with Crippen molar-refractivity contribution in [1.82, 2.24) is 9.80 Å². The molecule has 4 nitrogen and oxygen atoms in total. The van der Waals surface area contributed by atoms with Crippen LogP contribution in [0.3, 0.4) is 0 Å². The summed E-state index contributed by atoms with van der Waals surface area (Å²) in [5, 5.41) is 10.1. The molecule has 0 bridgehead atoms. The van der Waals surface area contributed by atoms with Gasteiger partial charge in [-0.1, -0.05) is 18.9 Å². The van der Waals surface area contributed by atoms with Gasteiger partial charge in [0, 0.05) is 32.2 Å². The highest BCUT2D eigenvalue weighted by atomic mass is 19.1. The molecule has 3 rings (SSSR count). The van der Waals surface area contributed by atoms with Crippen LogP contribution in [0.2, 0.25) is 0 Å². The Morgan fingerprint density at radius 3 is 2.26 bits per heavy atom. The molecule has 2 aliphatic rings. The van der Waals surface area contributed by atoms with Crippen LogP contribution in [0.15, 0.2) is 18.2 Å². The number of benzene rings is 1. The van der Waals surface area contributed by atoms with Crippen LogP contribution < -0.4 is 0 Å². The molecular weight excluding hydrogens is 302 g/mol. The number of piperazine rings is 1. The van der Waals surface area contributed by atoms with Gasteiger partial charge in [0.05, 0.1) is 6.10 Å². The largest absolute Gasteiger partial charge is 0.391 e. The molecule has 2 atom stereocenters. The van der Waals surface area contributed by atoms with Crippen LogP contribution in [-0.4, -0.2) is 59.1 Å². The van der Waals surface area contributed by atoms with E-state index in [4.69, 9.17) is 0 Å². The Kier molecular flexibility index (Phi) is 4.92. The lowest BCUT2D eigenvalue weighted by atomic mass is 9.91. The number of halogens is 2. The van der Waals surface area contributed by atoms with Crippen molar-refractivity contribution >= 4 is 5.91 Å². The minimum absolute atomic E-state index is 0.145. The molecule has 2 unspecified atom stereocenters. The summed E-state index contributed by atoms with van der Waals surface area (Å²) in [5.41, 5.74) is -0.473. The second kappa shape index (κ2) is 6.93. The fraction of sp³-hybridized carbons (Fsp3) is 0.588. The molecule has 1 aromatic carbocycles. The Morgan fingerprint density at radius 1 is 1.04 bits per heavy atom. The smallest absolute Gasteiger partial charge is 0.259 e. The molecule has 1 saturated carbocycles. The quantitative estimate of drug-likeness (QED) is 0.905. The summed E-state index contributed by atoms with van der Waals surface area (Å²) in [5.74, 6) is -2.23. The SMILES string of the molecule is O=C(c1c(F)cccc1F)N1CCN(C2CCCCC2O)CC1. The van der Waals surface area contributed by atoms with Crippen LogP contribution in [-0.2, 0) is 0 Å². The predicted molar refractivity (Wildman–Crippen MR) is 82.1 cm³/mol. The monoisotopic (exact) mass is 324 g/mol. The number of rotatable bonds is 2. The highest BCUT2D eigenvalue weighted by Crippen LogP contribution is 2.25. The summed E-state index contributed by atoms with van der Waals surface area (Å²) in [6.45, 7) is 2.11. The van der Waals surface area contributed by atoms with Crippen molar-refractivity contribution < 1.29 is 18.7 Å². The summed E-state index contributed by atoms with van der Waals surface area (Å²) in [7, 11) is 0. The maximum absolute atomic E-state index is 13.7. The lowest BCUT2D eigenvalue weighted by Gasteiger charge is -2.42. The highest BCUT2D eigenvalue weighted by molar-refractivity contribution is 5.94. The molecule has 1 aromatic rings. The number of hydrogen-bond donors (Lipinski definition) is 1. The number of amides is 1. The normalized spacial score (nSPS) is 26.3. The molecule has 1 amide bonds. The van der Waals surface area contributed by atoms with Crippen LogP contribution >= 0.6 is 0 Å². The average Bonchev–Trinajstić information content (AvgIpc) is 2.55. The summed E-state index contributed by atoms with van der Waals surface area (Å²) >= 11 is 0. The van der Waals surface area contributed by atoms with E-state index in [0.29, 0.717) is 26.2 Å². The van der Waals surface area contributed by atoms with Crippen molar-refractivity contribution in [3.8, 4) is 0 Å². The maximum atomic E-state index is 13.7. The molecule has 2 fully saturated rings. The summed E-state index contributed by atoms with van der Waals surface area (Å²) in [6.07, 6.45) is 3.65. The van der Waals surface area contributed by atoms with Gasteiger partial charge in [-0.05, 0) is 25.0 Å². The van der Waals surface area contributed by atoms with E-state index in [2.05, 4.69) is 4.90 Å². The first-order valence-electron chi connectivity index (χ1n) is 8.23. The molecule has 126 valence electrons. The van der Waals surface area contributed by atoms with Crippen LogP contribution in [0.5, 0.6) is 0 Å². The van der Waals surface area contributed by atoms with Crippen LogP contribution in [0.1, 0.15) is 36.0 Å². The number of carbonyl (C=O) groups excluding carboxylic acids is 1. The van der Waals surface area contributed by atoms with Gasteiger partial charge in [-0.25, -0.2) is 8.78 Å². The summed E-state index contributed by atoms with van der Waals surface area (Å²) < 4.78 is 27.5. The van der Waals surface area contributed by atoms with E-state index in [0.717, 1.165) is 37.8 Å². The molecular formula is C17H22F2N2O2. The van der Waals surface area contributed by atoms with E-state index >= 15 is 0 Å². The average molecular weight is 324 g/mol. The maximum Gasteiger partial charge on any atom is 0.259 e. The van der Waals surface area contributed by atoms with E-state index in [9.17, 15) is 18.7 Å². The molecule has 1 aliphatic heterocycles. The first-order valence-corrected chi connectivity index (χ1v) is 8.23. The third kappa shape index (κ3) is 3.38. The molecule has 6 heteroatoms. The van der Waals surface area contributed by atoms with Gasteiger partial charge in [0.15, 0.2) is 0 Å². The molecule has 0 spiro atoms. The van der Waals surface area contributed by atoms with E-state index < -0.39 is 23.1 Å². The first-order chi connectivity index (χ1) is 11.1. The van der Waals surface area contributed by atoms with Crippen molar-refractivity contribution in [2.45, 2.75) is 37.8 Å². The second-order valence-corrected chi connectivity index (χ2v) is 6.34. The van der Waals surface area contributed by atoms with E-state index in [1.807, 2.05) is 0 Å². The fourth-order valence-electron chi connectivity index (χ4n) is 3.63. The summed E-state index contributed by atoms with van der Waals surface area (Å²) in [4.78, 5) is 16.1. The predicted octanol–water partition coefficient (Wildman–Crippen LogP) is 2.03. The lowest BCUT2D eigenvalue weighted by molar-refractivity contribution is -0.00187. The standard InChI is InChI=1S/C17H22F2N2O2/c18-12-4-3-5-13(19)16(12)17(23)21-10-8-20(9-11-21)14-6-1-2-7-15(14)22/h3-5,14-15,22H,1-2,6-11H2. The zero-order chi connectivity index (χ0) is 16.4. The molecule has 0 aromatic heterocycles. The van der Waals surface area contributed by atoms with Crippen molar-refractivity contribution in [1.29, 1.82) is 0 Å². The molecule has 0 radical (unpaired) electrons. The van der Waals surface area contributed by atoms with Crippen molar-refractivity contribution in [3.63, 3.8) is 0 Å². The topological polar surface area (TPSA) is 43.8 Å². The van der Waals surface area contributed by atoms with Gasteiger partial charge < -0.3 is 10.0 Å². The first kappa shape index (κ1) is 16.3. The third-order valence-corrected chi connectivity index (χ3v) is 4.94. The van der Waals surface area contributed by atoms with Crippen LogP contribution in [0, 0.1) is 11.6 Å². The van der Waals surface area contributed by atoms with Crippen LogP contribution in [0.4, 0.5) is 8.78 Å². The van der Waals surface area contributed by atoms with Gasteiger partial charge in [0.2, 0.25) is 0 Å². The molecule has 23 heavy (non-hydrogen) atoms. The van der Waals surface area contributed by atoms with Crippen LogP contribution in [0.25, 0.3) is 0 Å².